The van der Waals surface area contributed by atoms with Gasteiger partial charge in [0.2, 0.25) is 5.91 Å². The van der Waals surface area contributed by atoms with Gasteiger partial charge < -0.3 is 9.88 Å². The van der Waals surface area contributed by atoms with Crippen LogP contribution in [0, 0.1) is 6.92 Å². The predicted octanol–water partition coefficient (Wildman–Crippen LogP) is 2.12. The average molecular weight is 441 g/mol. The summed E-state index contributed by atoms with van der Waals surface area (Å²) in [4.78, 5) is 34.0. The van der Waals surface area contributed by atoms with Crippen LogP contribution in [0.15, 0.2) is 72.2 Å². The van der Waals surface area contributed by atoms with E-state index in [9.17, 15) is 9.59 Å². The van der Waals surface area contributed by atoms with Crippen molar-refractivity contribution in [3.05, 3.63) is 88.9 Å². The maximum atomic E-state index is 12.9. The van der Waals surface area contributed by atoms with Crippen LogP contribution in [0.2, 0.25) is 0 Å². The molecule has 166 valence electrons. The Bertz CT molecular complexity index is 1510. The summed E-state index contributed by atoms with van der Waals surface area (Å²) >= 11 is 0. The molecule has 5 rings (SSSR count). The van der Waals surface area contributed by atoms with E-state index in [4.69, 9.17) is 0 Å². The maximum Gasteiger partial charge on any atom is 0.264 e. The van der Waals surface area contributed by atoms with Crippen molar-refractivity contribution >= 4 is 28.0 Å². The second-order valence-electron chi connectivity index (χ2n) is 7.98. The van der Waals surface area contributed by atoms with E-state index >= 15 is 0 Å². The number of fused-ring (bicyclic) bond motifs is 2. The summed E-state index contributed by atoms with van der Waals surface area (Å²) in [5.41, 5.74) is 4.33. The van der Waals surface area contributed by atoms with E-state index in [1.54, 1.807) is 21.9 Å². The van der Waals surface area contributed by atoms with E-state index in [-0.39, 0.29) is 18.0 Å². The maximum absolute atomic E-state index is 12.9. The first kappa shape index (κ1) is 20.6. The van der Waals surface area contributed by atoms with Crippen molar-refractivity contribution in [1.29, 1.82) is 0 Å². The number of nitrogens with zero attached hydrogens (tertiary/aromatic N) is 6. The summed E-state index contributed by atoms with van der Waals surface area (Å²) in [6.07, 6.45) is 4.75. The molecule has 0 atom stereocenters. The highest BCUT2D eigenvalue weighted by Crippen LogP contribution is 2.11. The lowest BCUT2D eigenvalue weighted by Crippen LogP contribution is -2.30. The van der Waals surface area contributed by atoms with Gasteiger partial charge in [0.15, 0.2) is 5.65 Å². The van der Waals surface area contributed by atoms with Gasteiger partial charge in [-0.05, 0) is 24.6 Å². The highest BCUT2D eigenvalue weighted by atomic mass is 16.2. The van der Waals surface area contributed by atoms with Crippen molar-refractivity contribution in [2.75, 3.05) is 6.54 Å². The van der Waals surface area contributed by atoms with Crippen LogP contribution in [0.3, 0.4) is 0 Å². The molecule has 0 aliphatic carbocycles. The lowest BCUT2D eigenvalue weighted by Gasteiger charge is -2.08. The zero-order valence-electron chi connectivity index (χ0n) is 18.2. The standard InChI is InChI=1S/C24H23N7O2/c1-17-5-4-6-18(11-17)13-30-16-27-23-19(24(30)33)12-28-31(23)10-9-25-22(32)14-29-15-26-20-7-2-3-8-21(20)29/h2-8,11-12,15-16H,9-10,13-14H2,1H3,(H,25,32). The van der Waals surface area contributed by atoms with E-state index in [0.717, 1.165) is 22.2 Å². The Hall–Kier alpha value is -4.27. The SMILES string of the molecule is Cc1cccc(Cn2cnc3c(cnn3CCNC(=O)Cn3cnc4ccccc43)c2=O)c1. The molecule has 0 unspecified atom stereocenters. The number of carbonyl (C=O) groups is 1. The monoisotopic (exact) mass is 441 g/mol. The van der Waals surface area contributed by atoms with E-state index in [1.807, 2.05) is 54.0 Å². The van der Waals surface area contributed by atoms with Crippen molar-refractivity contribution in [1.82, 2.24) is 34.2 Å². The molecule has 3 heterocycles. The number of imidazole rings is 1. The quantitative estimate of drug-likeness (QED) is 0.417. The number of benzene rings is 2. The van der Waals surface area contributed by atoms with Gasteiger partial charge in [-0.2, -0.15) is 5.10 Å². The smallest absolute Gasteiger partial charge is 0.264 e. The molecule has 0 fully saturated rings. The van der Waals surface area contributed by atoms with E-state index in [2.05, 4.69) is 26.4 Å². The minimum atomic E-state index is -0.135. The molecule has 0 bridgehead atoms. The lowest BCUT2D eigenvalue weighted by molar-refractivity contribution is -0.121. The van der Waals surface area contributed by atoms with E-state index < -0.39 is 0 Å². The molecular weight excluding hydrogens is 418 g/mol. The predicted molar refractivity (Wildman–Crippen MR) is 125 cm³/mol. The highest BCUT2D eigenvalue weighted by Gasteiger charge is 2.11. The number of nitrogens with one attached hydrogen (secondary N) is 1. The zero-order valence-corrected chi connectivity index (χ0v) is 18.2. The van der Waals surface area contributed by atoms with Crippen LogP contribution in [0.4, 0.5) is 0 Å². The van der Waals surface area contributed by atoms with E-state index in [0.29, 0.717) is 30.7 Å². The Labute approximate surface area is 189 Å². The summed E-state index contributed by atoms with van der Waals surface area (Å²) in [5.74, 6) is -0.122. The Kier molecular flexibility index (Phi) is 5.43. The third-order valence-corrected chi connectivity index (χ3v) is 5.54. The summed E-state index contributed by atoms with van der Waals surface area (Å²) < 4.78 is 5.03. The molecule has 9 heteroatoms. The average Bonchev–Trinajstić information content (AvgIpc) is 3.41. The van der Waals surface area contributed by atoms with Crippen molar-refractivity contribution in [3.63, 3.8) is 0 Å². The van der Waals surface area contributed by atoms with Gasteiger partial charge in [-0.3, -0.25) is 14.2 Å². The first-order chi connectivity index (χ1) is 16.1. The first-order valence-electron chi connectivity index (χ1n) is 10.7. The van der Waals surface area contributed by atoms with Crippen molar-refractivity contribution in [3.8, 4) is 0 Å². The number of carbonyl (C=O) groups excluding carboxylic acids is 1. The van der Waals surface area contributed by atoms with Crippen LogP contribution in [-0.2, 0) is 24.4 Å². The van der Waals surface area contributed by atoms with Crippen LogP contribution in [0.25, 0.3) is 22.1 Å². The zero-order chi connectivity index (χ0) is 22.8. The molecule has 2 aromatic carbocycles. The number of rotatable bonds is 7. The Morgan fingerprint density at radius 3 is 2.76 bits per heavy atom. The molecule has 1 N–H and O–H groups in total. The van der Waals surface area contributed by atoms with Gasteiger partial charge >= 0.3 is 0 Å². The number of aryl methyl sites for hydroxylation is 1. The normalized spacial score (nSPS) is 11.3. The Morgan fingerprint density at radius 2 is 1.88 bits per heavy atom. The van der Waals surface area contributed by atoms with Gasteiger partial charge in [0, 0.05) is 6.54 Å². The van der Waals surface area contributed by atoms with Crippen molar-refractivity contribution < 1.29 is 4.79 Å². The number of aromatic nitrogens is 6. The molecule has 9 nitrogen and oxygen atoms in total. The fourth-order valence-electron chi connectivity index (χ4n) is 3.93. The highest BCUT2D eigenvalue weighted by molar-refractivity contribution is 5.80. The molecular formula is C24H23N7O2. The van der Waals surface area contributed by atoms with Gasteiger partial charge in [-0.1, -0.05) is 42.0 Å². The lowest BCUT2D eigenvalue weighted by atomic mass is 10.1. The van der Waals surface area contributed by atoms with E-state index in [1.165, 1.54) is 6.20 Å². The van der Waals surface area contributed by atoms with Gasteiger partial charge in [0.05, 0.1) is 36.6 Å². The number of hydrogen-bond donors (Lipinski definition) is 1. The summed E-state index contributed by atoms with van der Waals surface area (Å²) in [6.45, 7) is 3.44. The number of hydrogen-bond acceptors (Lipinski definition) is 5. The van der Waals surface area contributed by atoms with Gasteiger partial charge in [0.1, 0.15) is 18.3 Å². The van der Waals surface area contributed by atoms with Crippen LogP contribution in [0.1, 0.15) is 11.1 Å². The van der Waals surface area contributed by atoms with Gasteiger partial charge in [-0.25, -0.2) is 14.6 Å². The second kappa shape index (κ2) is 8.70. The molecule has 0 aliphatic rings. The molecule has 5 aromatic rings. The van der Waals surface area contributed by atoms with Crippen LogP contribution in [0.5, 0.6) is 0 Å². The first-order valence-corrected chi connectivity index (χ1v) is 10.7. The molecule has 0 spiro atoms. The molecule has 0 saturated carbocycles. The molecule has 0 aliphatic heterocycles. The Balaban J connectivity index is 1.23. The number of amides is 1. The fraction of sp³-hybridized carbons (Fsp3) is 0.208. The minimum absolute atomic E-state index is 0.122. The Morgan fingerprint density at radius 1 is 1.03 bits per heavy atom. The molecule has 33 heavy (non-hydrogen) atoms. The molecule has 0 saturated heterocycles. The van der Waals surface area contributed by atoms with Crippen molar-refractivity contribution in [2.45, 2.75) is 26.6 Å². The topological polar surface area (TPSA) is 99.6 Å². The van der Waals surface area contributed by atoms with Crippen LogP contribution in [-0.4, -0.2) is 41.3 Å². The third kappa shape index (κ3) is 4.25. The van der Waals surface area contributed by atoms with Gasteiger partial charge in [0.25, 0.3) is 5.56 Å². The summed E-state index contributed by atoms with van der Waals surface area (Å²) in [7, 11) is 0. The summed E-state index contributed by atoms with van der Waals surface area (Å²) in [5, 5.41) is 7.66. The second-order valence-corrected chi connectivity index (χ2v) is 7.98. The minimum Gasteiger partial charge on any atom is -0.353 e. The third-order valence-electron chi connectivity index (χ3n) is 5.54. The molecule has 0 radical (unpaired) electrons. The molecule has 3 aromatic heterocycles. The summed E-state index contributed by atoms with van der Waals surface area (Å²) in [6, 6.07) is 15.7. The largest absolute Gasteiger partial charge is 0.353 e. The molecule has 1 amide bonds. The fourth-order valence-corrected chi connectivity index (χ4v) is 3.93. The van der Waals surface area contributed by atoms with Crippen molar-refractivity contribution in [2.24, 2.45) is 0 Å². The van der Waals surface area contributed by atoms with Crippen LogP contribution < -0.4 is 10.9 Å². The number of para-hydroxylation sites is 2. The van der Waals surface area contributed by atoms with Gasteiger partial charge in [-0.15, -0.1) is 0 Å². The van der Waals surface area contributed by atoms with Crippen LogP contribution >= 0.6 is 0 Å².